The van der Waals surface area contributed by atoms with Crippen LogP contribution in [0.15, 0.2) is 34.0 Å². The molecule has 0 saturated heterocycles. The maximum absolute atomic E-state index is 6.26. The average molecular weight is 456 g/mol. The van der Waals surface area contributed by atoms with Crippen molar-refractivity contribution >= 4 is 77.8 Å². The highest BCUT2D eigenvalue weighted by molar-refractivity contribution is 9.09. The van der Waals surface area contributed by atoms with Gasteiger partial charge in [-0.2, -0.15) is 0 Å². The van der Waals surface area contributed by atoms with Crippen molar-refractivity contribution in [3.8, 4) is 0 Å². The van der Waals surface area contributed by atoms with Gasteiger partial charge in [0.2, 0.25) is 0 Å². The Morgan fingerprint density at radius 1 is 1.28 bits per heavy atom. The lowest BCUT2D eigenvalue weighted by atomic mass is 10.3. The first-order chi connectivity index (χ1) is 12.2. The summed E-state index contributed by atoms with van der Waals surface area (Å²) in [4.78, 5) is 17.7. The molecule has 3 heterocycles. The van der Waals surface area contributed by atoms with Gasteiger partial charge in [-0.05, 0) is 30.3 Å². The first kappa shape index (κ1) is 17.0. The van der Waals surface area contributed by atoms with E-state index in [9.17, 15) is 0 Å². The molecule has 2 N–H and O–H groups in total. The van der Waals surface area contributed by atoms with Crippen molar-refractivity contribution < 1.29 is 0 Å². The summed E-state index contributed by atoms with van der Waals surface area (Å²) in [5.74, 6) is 0.386. The fourth-order valence-electron chi connectivity index (χ4n) is 2.45. The SMILES string of the molecule is Nc1ncnc2c1nc(Sc1nc3cccc(Cl)c3s1)n2CCCBr. The second kappa shape index (κ2) is 7.06. The number of thiazole rings is 1. The van der Waals surface area contributed by atoms with E-state index in [1.807, 2.05) is 18.2 Å². The standard InChI is InChI=1S/C15H12BrClN6S2/c16-5-2-6-23-13-10(12(18)19-7-20-13)22-14(23)25-15-21-9-4-1-3-8(17)11(9)24-15/h1,3-4,7H,2,5-6H2,(H2,18,19,20). The highest BCUT2D eigenvalue weighted by Gasteiger charge is 2.17. The number of alkyl halides is 1. The number of rotatable bonds is 5. The third kappa shape index (κ3) is 3.21. The zero-order valence-corrected chi connectivity index (χ0v) is 16.8. The molecule has 0 atom stereocenters. The topological polar surface area (TPSA) is 82.5 Å². The van der Waals surface area contributed by atoms with E-state index in [1.165, 1.54) is 18.1 Å². The van der Waals surface area contributed by atoms with Crippen LogP contribution < -0.4 is 5.73 Å². The van der Waals surface area contributed by atoms with Crippen LogP contribution in [-0.2, 0) is 6.54 Å². The molecule has 10 heteroatoms. The minimum atomic E-state index is 0.386. The molecule has 25 heavy (non-hydrogen) atoms. The van der Waals surface area contributed by atoms with Crippen LogP contribution in [0.2, 0.25) is 5.02 Å². The van der Waals surface area contributed by atoms with Crippen LogP contribution >= 0.6 is 50.6 Å². The normalized spacial score (nSPS) is 11.6. The van der Waals surface area contributed by atoms with Crippen LogP contribution in [0.4, 0.5) is 5.82 Å². The van der Waals surface area contributed by atoms with Gasteiger partial charge in [0.15, 0.2) is 26.5 Å². The number of hydrogen-bond donors (Lipinski definition) is 1. The molecule has 0 radical (unpaired) electrons. The number of benzene rings is 1. The van der Waals surface area contributed by atoms with Crippen molar-refractivity contribution in [2.75, 3.05) is 11.1 Å². The van der Waals surface area contributed by atoms with Crippen LogP contribution in [0, 0.1) is 0 Å². The Labute approximate surface area is 165 Å². The van der Waals surface area contributed by atoms with E-state index in [0.717, 1.165) is 43.7 Å². The van der Waals surface area contributed by atoms with Gasteiger partial charge in [-0.3, -0.25) is 0 Å². The van der Waals surface area contributed by atoms with E-state index >= 15 is 0 Å². The Morgan fingerprint density at radius 3 is 2.96 bits per heavy atom. The van der Waals surface area contributed by atoms with Crippen molar-refractivity contribution in [3.63, 3.8) is 0 Å². The van der Waals surface area contributed by atoms with Crippen molar-refractivity contribution in [2.45, 2.75) is 22.5 Å². The number of nitrogens with zero attached hydrogens (tertiary/aromatic N) is 5. The number of hydrogen-bond acceptors (Lipinski definition) is 7. The summed E-state index contributed by atoms with van der Waals surface area (Å²) in [6, 6.07) is 5.73. The molecule has 0 amide bonds. The van der Waals surface area contributed by atoms with Crippen molar-refractivity contribution in [1.29, 1.82) is 0 Å². The van der Waals surface area contributed by atoms with Crippen LogP contribution in [0.3, 0.4) is 0 Å². The van der Waals surface area contributed by atoms with Gasteiger partial charge in [0.05, 0.1) is 15.2 Å². The Balaban J connectivity index is 1.79. The van der Waals surface area contributed by atoms with Gasteiger partial charge in [-0.1, -0.05) is 33.6 Å². The number of anilines is 1. The van der Waals surface area contributed by atoms with E-state index in [2.05, 4.69) is 40.4 Å². The second-order valence-electron chi connectivity index (χ2n) is 5.19. The Kier molecular flexibility index (Phi) is 4.81. The van der Waals surface area contributed by atoms with Gasteiger partial charge in [0, 0.05) is 11.9 Å². The fraction of sp³-hybridized carbons (Fsp3) is 0.200. The number of nitrogens with two attached hydrogens (primary N) is 1. The minimum absolute atomic E-state index is 0.386. The van der Waals surface area contributed by atoms with Gasteiger partial charge in [0.1, 0.15) is 6.33 Å². The lowest BCUT2D eigenvalue weighted by Crippen LogP contribution is -2.02. The summed E-state index contributed by atoms with van der Waals surface area (Å²) >= 11 is 12.8. The molecule has 0 saturated carbocycles. The monoisotopic (exact) mass is 454 g/mol. The first-order valence-corrected chi connectivity index (χ1v) is 10.6. The van der Waals surface area contributed by atoms with Crippen molar-refractivity contribution in [2.24, 2.45) is 0 Å². The van der Waals surface area contributed by atoms with Gasteiger partial charge in [0.25, 0.3) is 0 Å². The Hall–Kier alpha value is -1.42. The quantitative estimate of drug-likeness (QED) is 0.443. The molecule has 0 aliphatic heterocycles. The predicted octanol–water partition coefficient (Wildman–Crippen LogP) is 4.61. The molecule has 1 aromatic carbocycles. The van der Waals surface area contributed by atoms with Crippen LogP contribution in [0.1, 0.15) is 6.42 Å². The van der Waals surface area contributed by atoms with Gasteiger partial charge < -0.3 is 10.3 Å². The largest absolute Gasteiger partial charge is 0.382 e. The third-order valence-electron chi connectivity index (χ3n) is 3.57. The molecule has 0 bridgehead atoms. The fourth-order valence-corrected chi connectivity index (χ4v) is 5.05. The summed E-state index contributed by atoms with van der Waals surface area (Å²) in [5, 5.41) is 2.41. The molecule has 128 valence electrons. The third-order valence-corrected chi connectivity index (χ3v) is 6.71. The highest BCUT2D eigenvalue weighted by Crippen LogP contribution is 2.38. The number of nitrogen functional groups attached to an aromatic ring is 1. The molecule has 6 nitrogen and oxygen atoms in total. The molecule has 4 aromatic rings. The summed E-state index contributed by atoms with van der Waals surface area (Å²) in [6.07, 6.45) is 2.42. The van der Waals surface area contributed by atoms with Gasteiger partial charge >= 0.3 is 0 Å². The Morgan fingerprint density at radius 2 is 2.16 bits per heavy atom. The lowest BCUT2D eigenvalue weighted by Gasteiger charge is -2.05. The molecular formula is C15H12BrClN6S2. The maximum Gasteiger partial charge on any atom is 0.177 e. The zero-order chi connectivity index (χ0) is 17.4. The highest BCUT2D eigenvalue weighted by atomic mass is 79.9. The zero-order valence-electron chi connectivity index (χ0n) is 12.8. The van der Waals surface area contributed by atoms with E-state index in [4.69, 9.17) is 17.3 Å². The molecule has 0 aliphatic carbocycles. The summed E-state index contributed by atoms with van der Waals surface area (Å²) in [5.41, 5.74) is 8.23. The van der Waals surface area contributed by atoms with Crippen LogP contribution in [0.25, 0.3) is 21.4 Å². The Bertz CT molecular complexity index is 1060. The maximum atomic E-state index is 6.26. The molecule has 0 aliphatic rings. The summed E-state index contributed by atoms with van der Waals surface area (Å²) < 4.78 is 3.92. The van der Waals surface area contributed by atoms with Gasteiger partial charge in [-0.25, -0.2) is 19.9 Å². The molecule has 3 aromatic heterocycles. The molecule has 0 fully saturated rings. The number of aryl methyl sites for hydroxylation is 1. The predicted molar refractivity (Wildman–Crippen MR) is 107 cm³/mol. The van der Waals surface area contributed by atoms with Crippen LogP contribution in [0.5, 0.6) is 0 Å². The molecule has 4 rings (SSSR count). The smallest absolute Gasteiger partial charge is 0.177 e. The molecule has 0 unspecified atom stereocenters. The average Bonchev–Trinajstić information content (AvgIpc) is 3.16. The van der Waals surface area contributed by atoms with E-state index in [1.54, 1.807) is 11.3 Å². The number of imidazole rings is 1. The van der Waals surface area contributed by atoms with E-state index in [0.29, 0.717) is 16.4 Å². The van der Waals surface area contributed by atoms with Crippen molar-refractivity contribution in [3.05, 3.63) is 29.5 Å². The van der Waals surface area contributed by atoms with Crippen molar-refractivity contribution in [1.82, 2.24) is 24.5 Å². The number of aromatic nitrogens is 5. The van der Waals surface area contributed by atoms with E-state index in [-0.39, 0.29) is 0 Å². The molecular weight excluding hydrogens is 444 g/mol. The second-order valence-corrected chi connectivity index (χ2v) is 8.60. The van der Waals surface area contributed by atoms with E-state index < -0.39 is 0 Å². The van der Waals surface area contributed by atoms with Gasteiger partial charge in [-0.15, -0.1) is 11.3 Å². The number of halogens is 2. The summed E-state index contributed by atoms with van der Waals surface area (Å²) in [6.45, 7) is 0.784. The molecule has 0 spiro atoms. The van der Waals surface area contributed by atoms with Crippen LogP contribution in [-0.4, -0.2) is 29.8 Å². The first-order valence-electron chi connectivity index (χ1n) is 7.43. The summed E-state index contributed by atoms with van der Waals surface area (Å²) in [7, 11) is 0. The lowest BCUT2D eigenvalue weighted by molar-refractivity contribution is 0.638. The minimum Gasteiger partial charge on any atom is -0.382 e. The number of fused-ring (bicyclic) bond motifs is 2.